The number of likely N-dealkylation sites (tertiary alicyclic amines) is 2. The van der Waals surface area contributed by atoms with Crippen molar-refractivity contribution in [2.24, 2.45) is 16.7 Å². The number of nitro benzene ring substituents is 1. The van der Waals surface area contributed by atoms with Gasteiger partial charge >= 0.3 is 0 Å². The molecule has 11 rings (SSSR count). The first-order valence-corrected chi connectivity index (χ1v) is 36.6. The molecule has 3 fully saturated rings. The number of rotatable bonds is 24. The smallest absolute Gasteiger partial charge is 0.293 e. The maximum Gasteiger partial charge on any atom is 0.293 e. The average Bonchev–Trinajstić information content (AvgIpc) is 1.69. The van der Waals surface area contributed by atoms with Crippen LogP contribution in [0.3, 0.4) is 0 Å². The lowest BCUT2D eigenvalue weighted by atomic mass is 9.72. The predicted molar refractivity (Wildman–Crippen MR) is 383 cm³/mol. The Hall–Kier alpha value is -8.75. The molecule has 99 heavy (non-hydrogen) atoms. The van der Waals surface area contributed by atoms with Crippen LogP contribution in [-0.4, -0.2) is 155 Å². The Morgan fingerprint density at radius 2 is 1.63 bits per heavy atom. The number of piperidine rings is 1. The number of H-pyrrole nitrogens is 1. The summed E-state index contributed by atoms with van der Waals surface area (Å²) in [5, 5.41) is 33.6. The van der Waals surface area contributed by atoms with E-state index >= 15 is 0 Å². The second-order valence-corrected chi connectivity index (χ2v) is 31.3. The molecule has 4 aromatic carbocycles. The maximum atomic E-state index is 14.2. The van der Waals surface area contributed by atoms with E-state index in [9.17, 15) is 47.6 Å². The molecule has 6 heterocycles. The quantitative estimate of drug-likeness (QED) is 0.0186. The molecule has 0 unspecified atom stereocenters. The van der Waals surface area contributed by atoms with Gasteiger partial charge in [-0.15, -0.1) is 11.3 Å². The number of thiazole rings is 1. The van der Waals surface area contributed by atoms with Gasteiger partial charge in [-0.3, -0.25) is 39.0 Å². The number of anilines is 2. The van der Waals surface area contributed by atoms with Crippen LogP contribution in [0.1, 0.15) is 126 Å². The van der Waals surface area contributed by atoms with Gasteiger partial charge in [0.15, 0.2) is 0 Å². The molecule has 0 radical (unpaired) electrons. The highest BCUT2D eigenvalue weighted by Crippen LogP contribution is 2.44. The van der Waals surface area contributed by atoms with Crippen LogP contribution in [0.25, 0.3) is 27.0 Å². The van der Waals surface area contributed by atoms with Crippen LogP contribution in [0.4, 0.5) is 17.1 Å². The summed E-state index contributed by atoms with van der Waals surface area (Å²) < 4.78 is 36.6. The summed E-state index contributed by atoms with van der Waals surface area (Å²) in [5.74, 6) is -1.90. The largest absolute Gasteiger partial charge is 0.455 e. The molecular weight excluding hydrogens is 1320 g/mol. The summed E-state index contributed by atoms with van der Waals surface area (Å²) in [6, 6.07) is 26.0. The summed E-state index contributed by atoms with van der Waals surface area (Å²) in [5.41, 5.74) is 9.01. The number of fused-ring (bicyclic) bond motifs is 1. The number of aliphatic hydroxyl groups is 1. The Bertz CT molecular complexity index is 4270. The Morgan fingerprint density at radius 1 is 0.899 bits per heavy atom. The third-order valence-corrected chi connectivity index (χ3v) is 21.9. The van der Waals surface area contributed by atoms with Crippen molar-refractivity contribution in [3.8, 4) is 21.9 Å². The van der Waals surface area contributed by atoms with Gasteiger partial charge in [-0.05, 0) is 139 Å². The molecule has 26 heteroatoms. The van der Waals surface area contributed by atoms with Crippen molar-refractivity contribution in [1.82, 2.24) is 45.0 Å². The van der Waals surface area contributed by atoms with Gasteiger partial charge in [-0.2, -0.15) is 0 Å². The number of pyridine rings is 1. The van der Waals surface area contributed by atoms with Crippen LogP contribution >= 0.6 is 22.9 Å². The van der Waals surface area contributed by atoms with E-state index in [1.54, 1.807) is 46.1 Å². The fraction of sp³-hybridized carbons (Fsp3) is 0.438. The fourth-order valence-electron chi connectivity index (χ4n) is 13.6. The van der Waals surface area contributed by atoms with Crippen molar-refractivity contribution in [1.29, 1.82) is 0 Å². The molecule has 7 aromatic rings. The molecule has 524 valence electrons. The number of hydrogen-bond acceptors (Lipinski definition) is 17. The number of nitrogens with zero attached hydrogens (tertiary/aromatic N) is 7. The topological polar surface area (TPSA) is 295 Å². The van der Waals surface area contributed by atoms with Gasteiger partial charge in [0.05, 0.1) is 43.8 Å². The van der Waals surface area contributed by atoms with E-state index < -0.39 is 66.9 Å². The minimum Gasteiger partial charge on any atom is -0.455 e. The van der Waals surface area contributed by atoms with Crippen LogP contribution in [0.2, 0.25) is 5.02 Å². The number of aliphatic hydroxyl groups excluding tert-OH is 1. The third kappa shape index (κ3) is 17.8. The summed E-state index contributed by atoms with van der Waals surface area (Å²) in [6.45, 7) is 17.2. The van der Waals surface area contributed by atoms with Crippen molar-refractivity contribution < 1.29 is 47.2 Å². The molecule has 4 aliphatic rings. The van der Waals surface area contributed by atoms with Gasteiger partial charge in [0.2, 0.25) is 23.6 Å². The highest BCUT2D eigenvalue weighted by molar-refractivity contribution is 7.90. The first-order valence-electron chi connectivity index (χ1n) is 33.9. The van der Waals surface area contributed by atoms with Gasteiger partial charge in [0.25, 0.3) is 21.6 Å². The number of piperazine rings is 1. The SMILES string of the molecule is Cc1ncsc1-c1ccc(CNC(=O)[C@@H]2C[C@@H](O)CN2C(=O)[C@@H](NC(=O)CCCCC(=O)N2CCC(CNc3ccc(S(=O)(=O)NC(=O)c4ccc(N5CCN(CC6=C(c7ccc(Cl)cc7)CC(C)(C)CC6)CC5)cc4Oc4cnc5[nH]ccc5c4)cc3[N+](=O)[O-])CC2)C(C)(C)C)cc1. The molecule has 0 saturated carbocycles. The number of hydrogen-bond donors (Lipinski definition) is 6. The molecule has 5 amide bonds. The van der Waals surface area contributed by atoms with Crippen molar-refractivity contribution in [3.63, 3.8) is 0 Å². The van der Waals surface area contributed by atoms with Crippen molar-refractivity contribution in [3.05, 3.63) is 158 Å². The number of aryl methyl sites for hydroxylation is 1. The van der Waals surface area contributed by atoms with Crippen molar-refractivity contribution in [2.75, 3.05) is 69.1 Å². The van der Waals surface area contributed by atoms with Gasteiger partial charge in [-0.25, -0.2) is 23.1 Å². The normalized spacial score (nSPS) is 18.1. The minimum atomic E-state index is -4.69. The van der Waals surface area contributed by atoms with Crippen LogP contribution < -0.4 is 30.3 Å². The van der Waals surface area contributed by atoms with Gasteiger partial charge in [0.1, 0.15) is 34.9 Å². The number of unbranched alkanes of at least 4 members (excludes halogenated alkanes) is 1. The number of aromatic amines is 1. The molecular formula is C73H87ClN12O11S2. The van der Waals surface area contributed by atoms with E-state index in [-0.39, 0.29) is 72.5 Å². The number of carbonyl (C=O) groups excluding carboxylic acids is 5. The molecule has 23 nitrogen and oxygen atoms in total. The fourth-order valence-corrected chi connectivity index (χ4v) is 15.5. The minimum absolute atomic E-state index is 0.0229. The lowest BCUT2D eigenvalue weighted by Gasteiger charge is -2.39. The average molecular weight is 1410 g/mol. The lowest BCUT2D eigenvalue weighted by Crippen LogP contribution is -2.57. The van der Waals surface area contributed by atoms with E-state index in [1.807, 2.05) is 70.2 Å². The maximum absolute atomic E-state index is 14.2. The third-order valence-electron chi connectivity index (χ3n) is 19.4. The molecule has 3 aromatic heterocycles. The number of benzene rings is 4. The molecule has 6 N–H and O–H groups in total. The Morgan fingerprint density at radius 3 is 2.33 bits per heavy atom. The Labute approximate surface area is 586 Å². The Kier molecular flexibility index (Phi) is 22.2. The summed E-state index contributed by atoms with van der Waals surface area (Å²) in [6.07, 6.45) is 7.77. The van der Waals surface area contributed by atoms with Crippen LogP contribution in [0.15, 0.2) is 125 Å². The lowest BCUT2D eigenvalue weighted by molar-refractivity contribution is -0.384. The summed E-state index contributed by atoms with van der Waals surface area (Å²) >= 11 is 7.83. The van der Waals surface area contributed by atoms with Gasteiger partial charge in [0, 0.05) is 119 Å². The summed E-state index contributed by atoms with van der Waals surface area (Å²) in [7, 11) is -4.69. The van der Waals surface area contributed by atoms with E-state index in [4.69, 9.17) is 16.3 Å². The number of ether oxygens (including phenoxy) is 1. The van der Waals surface area contributed by atoms with E-state index in [0.717, 1.165) is 77.7 Å². The predicted octanol–water partition coefficient (Wildman–Crippen LogP) is 11.3. The van der Waals surface area contributed by atoms with Gasteiger partial charge in [-0.1, -0.05) is 88.2 Å². The Balaban J connectivity index is 0.645. The van der Waals surface area contributed by atoms with Crippen molar-refractivity contribution in [2.45, 2.75) is 135 Å². The molecule has 0 bridgehead atoms. The number of nitro groups is 1. The molecule has 0 spiro atoms. The highest BCUT2D eigenvalue weighted by atomic mass is 35.5. The number of halogens is 1. The van der Waals surface area contributed by atoms with Crippen LogP contribution in [0, 0.1) is 33.8 Å². The van der Waals surface area contributed by atoms with Crippen LogP contribution in [0.5, 0.6) is 11.5 Å². The zero-order valence-corrected chi connectivity index (χ0v) is 59.2. The van der Waals surface area contributed by atoms with E-state index in [0.29, 0.717) is 74.8 Å². The number of carbonyl (C=O) groups is 5. The second-order valence-electron chi connectivity index (χ2n) is 28.3. The first-order chi connectivity index (χ1) is 47.2. The second kappa shape index (κ2) is 30.8. The molecule has 3 aliphatic heterocycles. The first kappa shape index (κ1) is 71.5. The van der Waals surface area contributed by atoms with Crippen molar-refractivity contribution >= 4 is 96.2 Å². The molecule has 3 saturated heterocycles. The summed E-state index contributed by atoms with van der Waals surface area (Å²) in [4.78, 5) is 101. The number of β-amino-alcohol motifs (C(OH)–C–C–N with tert-alkyl or cyclic N) is 1. The number of allylic oxidation sites excluding steroid dienone is 1. The van der Waals surface area contributed by atoms with E-state index in [2.05, 4.69) is 71.4 Å². The number of sulfonamides is 1. The standard InChI is InChI=1S/C73H87ClN12O11S2/c1-46-66(98-45-79-46)50-13-11-47(12-14-50)41-78-70(91)62-37-55(87)44-85(62)71(92)67(72(2,3)4)80-64(88)9-7-8-10-65(89)84-29-25-48(26-30-84)40-76-60-22-20-57(38-61(60)86(93)94)99(95,96)81-69(90)58-21-19-54(36-63(58)97-56-35-51-24-28-75-68(51)77-42-56)83-33-31-82(32-34-83)43-52-23-27-73(5,6)39-59(52)49-15-17-53(74)18-16-49/h11-22,24,28,35-36,38,42,45,48,55,62,67,76,87H,7-10,23,25-27,29-34,37,39-41,43-44H2,1-6H3,(H,75,77)(H,78,91)(H,80,88)(H,81,90)/t55-,62+,67-/m1/s1. The monoisotopic (exact) mass is 1410 g/mol. The van der Waals surface area contributed by atoms with Gasteiger partial charge < -0.3 is 45.5 Å². The number of amides is 5. The molecule has 3 atom stereocenters. The molecule has 1 aliphatic carbocycles. The van der Waals surface area contributed by atoms with E-state index in [1.165, 1.54) is 46.0 Å². The highest BCUT2D eigenvalue weighted by Gasteiger charge is 2.45. The number of aromatic nitrogens is 3. The van der Waals surface area contributed by atoms with Crippen LogP contribution in [-0.2, 0) is 35.7 Å². The number of nitrogens with one attached hydrogen (secondary N) is 5. The zero-order valence-electron chi connectivity index (χ0n) is 56.8. The zero-order chi connectivity index (χ0) is 70.3.